The van der Waals surface area contributed by atoms with E-state index in [4.69, 9.17) is 9.15 Å². The zero-order valence-corrected chi connectivity index (χ0v) is 16.0. The van der Waals surface area contributed by atoms with E-state index in [9.17, 15) is 19.7 Å². The van der Waals surface area contributed by atoms with E-state index in [-0.39, 0.29) is 23.1 Å². The highest BCUT2D eigenvalue weighted by Gasteiger charge is 2.28. The third kappa shape index (κ3) is 4.00. The number of ether oxygens (including phenoxy) is 1. The van der Waals surface area contributed by atoms with Crippen LogP contribution in [0, 0.1) is 10.1 Å². The molecule has 2 aromatic carbocycles. The van der Waals surface area contributed by atoms with Crippen LogP contribution in [0.4, 0.5) is 5.69 Å². The molecule has 0 spiro atoms. The molecule has 1 saturated heterocycles. The average Bonchev–Trinajstić information content (AvgIpc) is 3.21. The number of rotatable bonds is 5. The number of hydrogen-bond acceptors (Lipinski definition) is 7. The Morgan fingerprint density at radius 1 is 1.13 bits per heavy atom. The second kappa shape index (κ2) is 8.32. The Morgan fingerprint density at radius 3 is 2.57 bits per heavy atom. The molecule has 9 heteroatoms. The third-order valence-corrected chi connectivity index (χ3v) is 5.15. The maximum atomic E-state index is 12.4. The largest absolute Gasteiger partial charge is 0.452 e. The minimum absolute atomic E-state index is 0.121. The Bertz CT molecular complexity index is 1070. The number of carbonyl (C=O) groups is 2. The van der Waals surface area contributed by atoms with E-state index in [2.05, 4.69) is 4.98 Å². The summed E-state index contributed by atoms with van der Waals surface area (Å²) in [5, 5.41) is 11.0. The fraction of sp³-hybridized carbons (Fsp3) is 0.286. The topological polar surface area (TPSA) is 116 Å². The summed E-state index contributed by atoms with van der Waals surface area (Å²) in [5.74, 6) is -0.433. The molecule has 1 fully saturated rings. The SMILES string of the molecule is O=C(OCC(=O)N1CCC(c2nc3ccccc3o2)CC1)c1ccccc1[N+](=O)[O-]. The second-order valence-corrected chi connectivity index (χ2v) is 7.03. The van der Waals surface area contributed by atoms with E-state index in [1.807, 2.05) is 24.3 Å². The van der Waals surface area contributed by atoms with Gasteiger partial charge in [0.25, 0.3) is 11.6 Å². The molecule has 154 valence electrons. The zero-order chi connectivity index (χ0) is 21.1. The smallest absolute Gasteiger partial charge is 0.345 e. The van der Waals surface area contributed by atoms with E-state index in [1.165, 1.54) is 24.3 Å². The number of hydrogen-bond donors (Lipinski definition) is 0. The number of oxazole rings is 1. The number of nitro benzene ring substituents is 1. The van der Waals surface area contributed by atoms with Crippen molar-refractivity contribution in [2.45, 2.75) is 18.8 Å². The van der Waals surface area contributed by atoms with Gasteiger partial charge in [-0.05, 0) is 31.0 Å². The lowest BCUT2D eigenvalue weighted by atomic mass is 9.97. The minimum Gasteiger partial charge on any atom is -0.452 e. The van der Waals surface area contributed by atoms with Crippen molar-refractivity contribution < 1.29 is 23.7 Å². The van der Waals surface area contributed by atoms with Crippen molar-refractivity contribution in [1.82, 2.24) is 9.88 Å². The van der Waals surface area contributed by atoms with Gasteiger partial charge in [0.05, 0.1) is 4.92 Å². The first-order chi connectivity index (χ1) is 14.5. The molecule has 2 heterocycles. The Kier molecular flexibility index (Phi) is 5.42. The first kappa shape index (κ1) is 19.6. The predicted octanol–water partition coefficient (Wildman–Crippen LogP) is 3.30. The fourth-order valence-corrected chi connectivity index (χ4v) is 3.54. The maximum Gasteiger partial charge on any atom is 0.345 e. The molecule has 1 amide bonds. The number of piperidine rings is 1. The normalized spacial score (nSPS) is 14.6. The number of nitrogens with zero attached hydrogens (tertiary/aromatic N) is 3. The van der Waals surface area contributed by atoms with Gasteiger partial charge in [0, 0.05) is 25.1 Å². The van der Waals surface area contributed by atoms with Gasteiger partial charge in [0.2, 0.25) is 0 Å². The van der Waals surface area contributed by atoms with Gasteiger partial charge in [-0.15, -0.1) is 0 Å². The number of carbonyl (C=O) groups excluding carboxylic acids is 2. The number of aromatic nitrogens is 1. The third-order valence-electron chi connectivity index (χ3n) is 5.15. The fourth-order valence-electron chi connectivity index (χ4n) is 3.54. The summed E-state index contributed by atoms with van der Waals surface area (Å²) in [6, 6.07) is 13.0. The van der Waals surface area contributed by atoms with Crippen molar-refractivity contribution in [2.24, 2.45) is 0 Å². The van der Waals surface area contributed by atoms with Crippen LogP contribution in [0.5, 0.6) is 0 Å². The van der Waals surface area contributed by atoms with Crippen molar-refractivity contribution in [3.05, 3.63) is 70.1 Å². The number of esters is 1. The molecule has 0 atom stereocenters. The molecular formula is C21H19N3O6. The highest BCUT2D eigenvalue weighted by Crippen LogP contribution is 2.30. The van der Waals surface area contributed by atoms with E-state index in [1.54, 1.807) is 4.90 Å². The number of nitro groups is 1. The number of benzene rings is 2. The minimum atomic E-state index is -0.892. The lowest BCUT2D eigenvalue weighted by molar-refractivity contribution is -0.385. The summed E-state index contributed by atoms with van der Waals surface area (Å²) in [5.41, 5.74) is 1.03. The quantitative estimate of drug-likeness (QED) is 0.361. The summed E-state index contributed by atoms with van der Waals surface area (Å²) in [6.07, 6.45) is 1.38. The van der Waals surface area contributed by atoms with Crippen molar-refractivity contribution in [3.8, 4) is 0 Å². The summed E-state index contributed by atoms with van der Waals surface area (Å²) < 4.78 is 10.8. The summed E-state index contributed by atoms with van der Waals surface area (Å²) >= 11 is 0. The standard InChI is InChI=1S/C21H19N3O6/c25-19(13-29-21(26)15-5-1-3-7-17(15)24(27)28)23-11-9-14(10-12-23)20-22-16-6-2-4-8-18(16)30-20/h1-8,14H,9-13H2. The molecule has 1 aliphatic rings. The number of fused-ring (bicyclic) bond motifs is 1. The van der Waals surface area contributed by atoms with Crippen LogP contribution in [0.25, 0.3) is 11.1 Å². The molecule has 9 nitrogen and oxygen atoms in total. The van der Waals surface area contributed by atoms with Crippen molar-refractivity contribution in [3.63, 3.8) is 0 Å². The Hall–Kier alpha value is -3.75. The van der Waals surface area contributed by atoms with Gasteiger partial charge >= 0.3 is 5.97 Å². The molecule has 4 rings (SSSR count). The predicted molar refractivity (Wildman–Crippen MR) is 106 cm³/mol. The summed E-state index contributed by atoms with van der Waals surface area (Å²) in [7, 11) is 0. The Balaban J connectivity index is 1.31. The van der Waals surface area contributed by atoms with Gasteiger partial charge in [0.1, 0.15) is 11.1 Å². The van der Waals surface area contributed by atoms with E-state index in [0.29, 0.717) is 31.8 Å². The van der Waals surface area contributed by atoms with Crippen LogP contribution in [-0.4, -0.2) is 46.4 Å². The van der Waals surface area contributed by atoms with Crippen LogP contribution < -0.4 is 0 Å². The monoisotopic (exact) mass is 409 g/mol. The molecule has 0 unspecified atom stereocenters. The molecule has 0 N–H and O–H groups in total. The van der Waals surface area contributed by atoms with Gasteiger partial charge in [0.15, 0.2) is 18.1 Å². The van der Waals surface area contributed by atoms with Gasteiger partial charge < -0.3 is 14.1 Å². The van der Waals surface area contributed by atoms with E-state index >= 15 is 0 Å². The lowest BCUT2D eigenvalue weighted by Crippen LogP contribution is -2.40. The van der Waals surface area contributed by atoms with E-state index < -0.39 is 17.5 Å². The molecule has 3 aromatic rings. The Labute approximate surface area is 171 Å². The Morgan fingerprint density at radius 2 is 1.83 bits per heavy atom. The van der Waals surface area contributed by atoms with Crippen LogP contribution in [0.3, 0.4) is 0 Å². The summed E-state index contributed by atoms with van der Waals surface area (Å²) in [6.45, 7) is 0.523. The van der Waals surface area contributed by atoms with Crippen LogP contribution in [-0.2, 0) is 9.53 Å². The molecule has 1 aliphatic heterocycles. The van der Waals surface area contributed by atoms with Crippen molar-refractivity contribution in [1.29, 1.82) is 0 Å². The maximum absolute atomic E-state index is 12.4. The molecule has 30 heavy (non-hydrogen) atoms. The molecule has 0 bridgehead atoms. The summed E-state index contributed by atoms with van der Waals surface area (Å²) in [4.78, 5) is 41.1. The van der Waals surface area contributed by atoms with Gasteiger partial charge in [-0.3, -0.25) is 14.9 Å². The van der Waals surface area contributed by atoms with Crippen LogP contribution >= 0.6 is 0 Å². The van der Waals surface area contributed by atoms with E-state index in [0.717, 1.165) is 11.1 Å². The first-order valence-corrected chi connectivity index (χ1v) is 9.56. The zero-order valence-electron chi connectivity index (χ0n) is 16.0. The highest BCUT2D eigenvalue weighted by molar-refractivity contribution is 5.95. The van der Waals surface area contributed by atoms with Gasteiger partial charge in [-0.1, -0.05) is 24.3 Å². The van der Waals surface area contributed by atoms with Gasteiger partial charge in [-0.2, -0.15) is 0 Å². The first-order valence-electron chi connectivity index (χ1n) is 9.56. The molecular weight excluding hydrogens is 390 g/mol. The van der Waals surface area contributed by atoms with Gasteiger partial charge in [-0.25, -0.2) is 9.78 Å². The second-order valence-electron chi connectivity index (χ2n) is 7.03. The number of amides is 1. The molecule has 0 aliphatic carbocycles. The van der Waals surface area contributed by atoms with Crippen LogP contribution in [0.1, 0.15) is 35.0 Å². The molecule has 0 saturated carbocycles. The molecule has 0 radical (unpaired) electrons. The van der Waals surface area contributed by atoms with Crippen LogP contribution in [0.15, 0.2) is 52.9 Å². The lowest BCUT2D eigenvalue weighted by Gasteiger charge is -2.30. The molecule has 1 aromatic heterocycles. The average molecular weight is 409 g/mol. The van der Waals surface area contributed by atoms with Crippen molar-refractivity contribution in [2.75, 3.05) is 19.7 Å². The van der Waals surface area contributed by atoms with Crippen LogP contribution in [0.2, 0.25) is 0 Å². The van der Waals surface area contributed by atoms with Crippen molar-refractivity contribution >= 4 is 28.7 Å². The number of para-hydroxylation sites is 3. The highest BCUT2D eigenvalue weighted by atomic mass is 16.6. The number of likely N-dealkylation sites (tertiary alicyclic amines) is 1.